The van der Waals surface area contributed by atoms with Crippen molar-refractivity contribution in [3.63, 3.8) is 0 Å². The van der Waals surface area contributed by atoms with Gasteiger partial charge in [0, 0.05) is 29.6 Å². The van der Waals surface area contributed by atoms with Crippen molar-refractivity contribution >= 4 is 34.4 Å². The Labute approximate surface area is 160 Å². The first-order valence-electron chi connectivity index (χ1n) is 8.45. The summed E-state index contributed by atoms with van der Waals surface area (Å²) in [6, 6.07) is 6.18. The van der Waals surface area contributed by atoms with Gasteiger partial charge in [0.15, 0.2) is 0 Å². The highest BCUT2D eigenvalue weighted by Crippen LogP contribution is 2.39. The van der Waals surface area contributed by atoms with E-state index in [0.717, 1.165) is 6.42 Å². The number of ether oxygens (including phenoxy) is 1. The molecule has 0 fully saturated rings. The molecule has 1 unspecified atom stereocenters. The van der Waals surface area contributed by atoms with Crippen LogP contribution >= 0.6 is 22.7 Å². The van der Waals surface area contributed by atoms with E-state index in [1.807, 2.05) is 17.2 Å². The van der Waals surface area contributed by atoms with E-state index in [0.29, 0.717) is 25.4 Å². The number of anilines is 1. The lowest BCUT2D eigenvalue weighted by molar-refractivity contribution is 0.183. The van der Waals surface area contributed by atoms with Gasteiger partial charge in [-0.05, 0) is 34.9 Å². The lowest BCUT2D eigenvalue weighted by Crippen LogP contribution is -2.42. The number of amides is 2. The Morgan fingerprint density at radius 1 is 1.38 bits per heavy atom. The van der Waals surface area contributed by atoms with Crippen LogP contribution in [0.1, 0.15) is 21.4 Å². The average molecular weight is 389 g/mol. The molecule has 4 heterocycles. The fourth-order valence-electron chi connectivity index (χ4n) is 3.22. The summed E-state index contributed by atoms with van der Waals surface area (Å²) in [5, 5.41) is 11.4. The van der Waals surface area contributed by atoms with Crippen LogP contribution in [-0.2, 0) is 17.7 Å². The van der Waals surface area contributed by atoms with E-state index < -0.39 is 0 Å². The third kappa shape index (κ3) is 3.40. The van der Waals surface area contributed by atoms with Crippen LogP contribution in [0.3, 0.4) is 0 Å². The SMILES string of the molecule is COCCn1cc(NC(=O)N2CCc3sccc3C2c2cccs2)cn1. The maximum Gasteiger partial charge on any atom is 0.322 e. The number of nitrogens with one attached hydrogen (secondary N) is 1. The molecule has 0 radical (unpaired) electrons. The molecule has 1 N–H and O–H groups in total. The monoisotopic (exact) mass is 388 g/mol. The van der Waals surface area contributed by atoms with Crippen LogP contribution in [-0.4, -0.2) is 41.0 Å². The van der Waals surface area contributed by atoms with Crippen LogP contribution in [0.2, 0.25) is 0 Å². The summed E-state index contributed by atoms with van der Waals surface area (Å²) in [5.74, 6) is 0. The normalized spacial score (nSPS) is 16.5. The zero-order chi connectivity index (χ0) is 17.9. The summed E-state index contributed by atoms with van der Waals surface area (Å²) in [6.07, 6.45) is 4.40. The molecular formula is C18H20N4O2S2. The Hall–Kier alpha value is -2.16. The topological polar surface area (TPSA) is 59.4 Å². The van der Waals surface area contributed by atoms with Crippen molar-refractivity contribution in [1.82, 2.24) is 14.7 Å². The van der Waals surface area contributed by atoms with Gasteiger partial charge in [0.1, 0.15) is 0 Å². The molecule has 0 bridgehead atoms. The number of methoxy groups -OCH3 is 1. The molecule has 1 aliphatic heterocycles. The fourth-order valence-corrected chi connectivity index (χ4v) is 4.98. The zero-order valence-electron chi connectivity index (χ0n) is 14.4. The maximum absolute atomic E-state index is 13.0. The number of hydrogen-bond donors (Lipinski definition) is 1. The molecule has 2 amide bonds. The number of nitrogens with zero attached hydrogens (tertiary/aromatic N) is 3. The Kier molecular flexibility index (Phi) is 5.05. The van der Waals surface area contributed by atoms with E-state index >= 15 is 0 Å². The van der Waals surface area contributed by atoms with Gasteiger partial charge < -0.3 is 15.0 Å². The van der Waals surface area contributed by atoms with E-state index in [2.05, 4.69) is 33.3 Å². The maximum atomic E-state index is 13.0. The summed E-state index contributed by atoms with van der Waals surface area (Å²) in [5.41, 5.74) is 1.95. The van der Waals surface area contributed by atoms with Gasteiger partial charge in [-0.3, -0.25) is 4.68 Å². The molecule has 6 nitrogen and oxygen atoms in total. The second kappa shape index (κ2) is 7.61. The Morgan fingerprint density at radius 3 is 3.12 bits per heavy atom. The third-order valence-electron chi connectivity index (χ3n) is 4.45. The standard InChI is InChI=1S/C18H20N4O2S2/c1-24-8-7-21-12-13(11-19-21)20-18(23)22-6-4-15-14(5-10-26-15)17(22)16-3-2-9-25-16/h2-3,5,9-12,17H,4,6-8H2,1H3,(H,20,23). The Morgan fingerprint density at radius 2 is 2.31 bits per heavy atom. The van der Waals surface area contributed by atoms with Gasteiger partial charge in [-0.1, -0.05) is 6.07 Å². The quantitative estimate of drug-likeness (QED) is 0.723. The molecule has 3 aromatic rings. The molecule has 1 aliphatic rings. The highest BCUT2D eigenvalue weighted by atomic mass is 32.1. The summed E-state index contributed by atoms with van der Waals surface area (Å²) < 4.78 is 6.82. The van der Waals surface area contributed by atoms with E-state index in [1.54, 1.807) is 40.7 Å². The Bertz CT molecular complexity index is 872. The number of carbonyl (C=O) groups excluding carboxylic acids is 1. The van der Waals surface area contributed by atoms with Gasteiger partial charge in [0.05, 0.1) is 31.1 Å². The lowest BCUT2D eigenvalue weighted by atomic mass is 9.99. The van der Waals surface area contributed by atoms with Crippen molar-refractivity contribution in [2.45, 2.75) is 19.0 Å². The van der Waals surface area contributed by atoms with Crippen molar-refractivity contribution in [1.29, 1.82) is 0 Å². The fraction of sp³-hybridized carbons (Fsp3) is 0.333. The second-order valence-corrected chi connectivity index (χ2v) is 8.06. The summed E-state index contributed by atoms with van der Waals surface area (Å²) in [4.78, 5) is 17.5. The van der Waals surface area contributed by atoms with Crippen LogP contribution in [0.5, 0.6) is 0 Å². The molecule has 1 atom stereocenters. The molecule has 4 rings (SSSR count). The highest BCUT2D eigenvalue weighted by Gasteiger charge is 2.33. The van der Waals surface area contributed by atoms with Crippen molar-refractivity contribution in [3.05, 3.63) is 56.7 Å². The van der Waals surface area contributed by atoms with E-state index in [9.17, 15) is 4.79 Å². The predicted octanol–water partition coefficient (Wildman–Crippen LogP) is 3.83. The summed E-state index contributed by atoms with van der Waals surface area (Å²) >= 11 is 3.47. The number of thiophene rings is 2. The third-order valence-corrected chi connectivity index (χ3v) is 6.37. The number of hydrogen-bond acceptors (Lipinski definition) is 5. The first-order valence-corrected chi connectivity index (χ1v) is 10.2. The second-order valence-electron chi connectivity index (χ2n) is 6.08. The number of aromatic nitrogens is 2. The number of carbonyl (C=O) groups is 1. The van der Waals surface area contributed by atoms with E-state index in [-0.39, 0.29) is 12.1 Å². The molecule has 0 saturated carbocycles. The van der Waals surface area contributed by atoms with Gasteiger partial charge >= 0.3 is 6.03 Å². The van der Waals surface area contributed by atoms with Crippen LogP contribution in [0.4, 0.5) is 10.5 Å². The molecule has 8 heteroatoms. The van der Waals surface area contributed by atoms with Crippen molar-refractivity contribution in [3.8, 4) is 0 Å². The van der Waals surface area contributed by atoms with Gasteiger partial charge in [0.25, 0.3) is 0 Å². The number of fused-ring (bicyclic) bond motifs is 1. The van der Waals surface area contributed by atoms with Crippen LogP contribution in [0.15, 0.2) is 41.4 Å². The van der Waals surface area contributed by atoms with Crippen molar-refractivity contribution in [2.75, 3.05) is 25.6 Å². The minimum Gasteiger partial charge on any atom is -0.383 e. The van der Waals surface area contributed by atoms with E-state index in [4.69, 9.17) is 4.74 Å². The number of urea groups is 1. The van der Waals surface area contributed by atoms with Gasteiger partial charge in [-0.2, -0.15) is 5.10 Å². The minimum absolute atomic E-state index is 0.0199. The molecular weight excluding hydrogens is 368 g/mol. The number of rotatable bonds is 5. The molecule has 0 aromatic carbocycles. The van der Waals surface area contributed by atoms with E-state index in [1.165, 1.54) is 15.3 Å². The molecule has 3 aromatic heterocycles. The molecule has 0 saturated heterocycles. The van der Waals surface area contributed by atoms with Crippen LogP contribution in [0.25, 0.3) is 0 Å². The summed E-state index contributed by atoms with van der Waals surface area (Å²) in [6.45, 7) is 1.95. The Balaban J connectivity index is 1.54. The molecule has 136 valence electrons. The molecule has 0 spiro atoms. The predicted molar refractivity (Wildman–Crippen MR) is 104 cm³/mol. The lowest BCUT2D eigenvalue weighted by Gasteiger charge is -2.35. The summed E-state index contributed by atoms with van der Waals surface area (Å²) in [7, 11) is 1.66. The van der Waals surface area contributed by atoms with Gasteiger partial charge in [-0.25, -0.2) is 4.79 Å². The highest BCUT2D eigenvalue weighted by molar-refractivity contribution is 7.10. The van der Waals surface area contributed by atoms with Crippen LogP contribution in [0, 0.1) is 0 Å². The zero-order valence-corrected chi connectivity index (χ0v) is 16.1. The molecule has 0 aliphatic carbocycles. The average Bonchev–Trinajstić information content (AvgIpc) is 3.39. The van der Waals surface area contributed by atoms with Crippen LogP contribution < -0.4 is 5.32 Å². The minimum atomic E-state index is -0.0912. The van der Waals surface area contributed by atoms with Crippen molar-refractivity contribution in [2.24, 2.45) is 0 Å². The van der Waals surface area contributed by atoms with Gasteiger partial charge in [0.2, 0.25) is 0 Å². The smallest absolute Gasteiger partial charge is 0.322 e. The molecule has 26 heavy (non-hydrogen) atoms. The first-order chi connectivity index (χ1) is 12.8. The largest absolute Gasteiger partial charge is 0.383 e. The van der Waals surface area contributed by atoms with Crippen molar-refractivity contribution < 1.29 is 9.53 Å². The van der Waals surface area contributed by atoms with Gasteiger partial charge in [-0.15, -0.1) is 22.7 Å². The first kappa shape index (κ1) is 17.3.